The Balaban J connectivity index is 1.47. The Bertz CT molecular complexity index is 734. The number of piperidine rings is 1. The fourth-order valence-electron chi connectivity index (χ4n) is 2.75. The second kappa shape index (κ2) is 7.03. The third-order valence-electron chi connectivity index (χ3n) is 4.18. The minimum absolute atomic E-state index is 0.162. The van der Waals surface area contributed by atoms with Crippen molar-refractivity contribution >= 4 is 22.4 Å². The molecule has 0 bridgehead atoms. The number of anilines is 1. The highest BCUT2D eigenvalue weighted by molar-refractivity contribution is 7.15. The molecule has 1 amide bonds. The number of hydrogen-bond donors (Lipinski definition) is 1. The van der Waals surface area contributed by atoms with Crippen molar-refractivity contribution in [3.8, 4) is 0 Å². The van der Waals surface area contributed by atoms with E-state index in [1.165, 1.54) is 6.20 Å². The molecule has 1 saturated heterocycles. The van der Waals surface area contributed by atoms with Crippen LogP contribution in [0.25, 0.3) is 0 Å². The van der Waals surface area contributed by atoms with Gasteiger partial charge in [-0.1, -0.05) is 11.3 Å². The van der Waals surface area contributed by atoms with E-state index in [0.29, 0.717) is 47.6 Å². The molecule has 1 fully saturated rings. The van der Waals surface area contributed by atoms with E-state index in [0.717, 1.165) is 19.0 Å². The van der Waals surface area contributed by atoms with E-state index in [-0.39, 0.29) is 5.91 Å². The van der Waals surface area contributed by atoms with Crippen molar-refractivity contribution in [2.45, 2.75) is 19.0 Å². The first kappa shape index (κ1) is 17.7. The van der Waals surface area contributed by atoms with Crippen LogP contribution in [-0.2, 0) is 13.2 Å². The van der Waals surface area contributed by atoms with Crippen LogP contribution in [0.15, 0.2) is 18.6 Å². The van der Waals surface area contributed by atoms with E-state index in [1.807, 2.05) is 4.90 Å². The number of nitrogens with zero attached hydrogens (tertiary/aromatic N) is 4. The smallest absolute Gasteiger partial charge is 0.352 e. The van der Waals surface area contributed by atoms with E-state index in [9.17, 15) is 18.0 Å². The van der Waals surface area contributed by atoms with Gasteiger partial charge in [-0.3, -0.25) is 9.48 Å². The summed E-state index contributed by atoms with van der Waals surface area (Å²) in [6, 6.07) is 0. The molecule has 3 heterocycles. The molecule has 0 spiro atoms. The van der Waals surface area contributed by atoms with Gasteiger partial charge >= 0.3 is 6.18 Å². The Morgan fingerprint density at radius 1 is 1.36 bits per heavy atom. The number of aromatic nitrogens is 3. The van der Waals surface area contributed by atoms with E-state index in [4.69, 9.17) is 0 Å². The van der Waals surface area contributed by atoms with Crippen LogP contribution < -0.4 is 10.2 Å². The third-order valence-corrected chi connectivity index (χ3v) is 5.28. The molecule has 10 heteroatoms. The lowest BCUT2D eigenvalue weighted by Gasteiger charge is -2.31. The van der Waals surface area contributed by atoms with Crippen LogP contribution in [0.3, 0.4) is 0 Å². The van der Waals surface area contributed by atoms with Gasteiger partial charge in [0.1, 0.15) is 4.88 Å². The summed E-state index contributed by atoms with van der Waals surface area (Å²) in [6.45, 7) is 1.82. The first-order valence-corrected chi connectivity index (χ1v) is 8.69. The quantitative estimate of drug-likeness (QED) is 0.895. The summed E-state index contributed by atoms with van der Waals surface area (Å²) >= 11 is 0.676. The van der Waals surface area contributed by atoms with Crippen molar-refractivity contribution in [3.05, 3.63) is 29.0 Å². The minimum atomic E-state index is -4.34. The SMILES string of the molecule is Cn1cc(C(=O)NCC2CCN(c3ncc(C(F)(F)F)s3)CC2)cn1. The molecule has 0 aromatic carbocycles. The normalized spacial score (nSPS) is 16.2. The number of aryl methyl sites for hydroxylation is 1. The van der Waals surface area contributed by atoms with Gasteiger partial charge in [0.25, 0.3) is 5.91 Å². The zero-order valence-electron chi connectivity index (χ0n) is 13.6. The van der Waals surface area contributed by atoms with E-state index >= 15 is 0 Å². The number of hydrogen-bond acceptors (Lipinski definition) is 5. The highest BCUT2D eigenvalue weighted by Crippen LogP contribution is 2.37. The van der Waals surface area contributed by atoms with Gasteiger partial charge in [0, 0.05) is 32.9 Å². The maximum Gasteiger partial charge on any atom is 0.427 e. The second-order valence-electron chi connectivity index (χ2n) is 6.05. The van der Waals surface area contributed by atoms with Crippen molar-refractivity contribution < 1.29 is 18.0 Å². The second-order valence-corrected chi connectivity index (χ2v) is 7.06. The predicted octanol–water partition coefficient (Wildman–Crippen LogP) is 2.54. The number of amides is 1. The molecule has 0 saturated carbocycles. The van der Waals surface area contributed by atoms with Crippen LogP contribution in [0.2, 0.25) is 0 Å². The average Bonchev–Trinajstić information content (AvgIpc) is 3.22. The van der Waals surface area contributed by atoms with Crippen molar-refractivity contribution in [3.63, 3.8) is 0 Å². The summed E-state index contributed by atoms with van der Waals surface area (Å²) in [5.74, 6) is 0.143. The molecule has 0 atom stereocenters. The molecular formula is C15H18F3N5OS. The number of nitrogens with one attached hydrogen (secondary N) is 1. The van der Waals surface area contributed by atoms with Crippen LogP contribution in [0.4, 0.5) is 18.3 Å². The van der Waals surface area contributed by atoms with Gasteiger partial charge in [0.15, 0.2) is 5.13 Å². The van der Waals surface area contributed by atoms with Crippen LogP contribution >= 0.6 is 11.3 Å². The molecule has 136 valence electrons. The van der Waals surface area contributed by atoms with Gasteiger partial charge in [0.05, 0.1) is 18.0 Å². The van der Waals surface area contributed by atoms with Gasteiger partial charge in [-0.25, -0.2) is 4.98 Å². The number of thiazole rings is 1. The van der Waals surface area contributed by atoms with Crippen LogP contribution in [0.1, 0.15) is 28.1 Å². The average molecular weight is 373 g/mol. The van der Waals surface area contributed by atoms with Crippen molar-refractivity contribution in [2.24, 2.45) is 13.0 Å². The topological polar surface area (TPSA) is 63.1 Å². The first-order valence-electron chi connectivity index (χ1n) is 7.88. The summed E-state index contributed by atoms with van der Waals surface area (Å²) in [5, 5.41) is 7.25. The molecule has 1 aliphatic rings. The number of halogens is 3. The predicted molar refractivity (Wildman–Crippen MR) is 87.6 cm³/mol. The van der Waals surface area contributed by atoms with Crippen LogP contribution in [0, 0.1) is 5.92 Å². The Labute approximate surface area is 146 Å². The molecule has 0 radical (unpaired) electrons. The fraction of sp³-hybridized carbons (Fsp3) is 0.533. The Morgan fingerprint density at radius 2 is 2.08 bits per heavy atom. The highest BCUT2D eigenvalue weighted by atomic mass is 32.1. The summed E-state index contributed by atoms with van der Waals surface area (Å²) in [6.07, 6.45) is 1.31. The molecule has 3 rings (SSSR count). The van der Waals surface area contributed by atoms with E-state index in [1.54, 1.807) is 17.9 Å². The molecule has 2 aromatic rings. The Morgan fingerprint density at radius 3 is 2.64 bits per heavy atom. The lowest BCUT2D eigenvalue weighted by molar-refractivity contribution is -0.134. The zero-order chi connectivity index (χ0) is 18.0. The number of carbonyl (C=O) groups is 1. The number of carbonyl (C=O) groups excluding carboxylic acids is 1. The molecule has 0 aliphatic carbocycles. The number of rotatable bonds is 4. The van der Waals surface area contributed by atoms with Crippen molar-refractivity contribution in [1.82, 2.24) is 20.1 Å². The van der Waals surface area contributed by atoms with Gasteiger partial charge in [-0.05, 0) is 18.8 Å². The monoisotopic (exact) mass is 373 g/mol. The lowest BCUT2D eigenvalue weighted by Crippen LogP contribution is -2.38. The molecule has 25 heavy (non-hydrogen) atoms. The zero-order valence-corrected chi connectivity index (χ0v) is 14.4. The summed E-state index contributed by atoms with van der Waals surface area (Å²) in [4.78, 5) is 17.1. The molecular weight excluding hydrogens is 355 g/mol. The van der Waals surface area contributed by atoms with Gasteiger partial charge < -0.3 is 10.2 Å². The summed E-state index contributed by atoms with van der Waals surface area (Å²) < 4.78 is 39.5. The minimum Gasteiger partial charge on any atom is -0.352 e. The highest BCUT2D eigenvalue weighted by Gasteiger charge is 2.34. The summed E-state index contributed by atoms with van der Waals surface area (Å²) in [5.41, 5.74) is 0.516. The molecule has 1 N–H and O–H groups in total. The first-order chi connectivity index (χ1) is 11.8. The van der Waals surface area contributed by atoms with Crippen LogP contribution in [-0.4, -0.2) is 40.3 Å². The molecule has 1 aliphatic heterocycles. The maximum atomic E-state index is 12.7. The maximum absolute atomic E-state index is 12.7. The van der Waals surface area contributed by atoms with E-state index in [2.05, 4.69) is 15.4 Å². The van der Waals surface area contributed by atoms with Crippen LogP contribution in [0.5, 0.6) is 0 Å². The Kier molecular flexibility index (Phi) is 4.98. The largest absolute Gasteiger partial charge is 0.427 e. The van der Waals surface area contributed by atoms with Crippen molar-refractivity contribution in [2.75, 3.05) is 24.5 Å². The third kappa shape index (κ3) is 4.30. The number of alkyl halides is 3. The fourth-order valence-corrected chi connectivity index (χ4v) is 3.58. The standard InChI is InChI=1S/C15H18F3N5OS/c1-22-9-11(7-21-22)13(24)19-6-10-2-4-23(5-3-10)14-20-8-12(25-14)15(16,17)18/h7-10H,2-6H2,1H3,(H,19,24). The van der Waals surface area contributed by atoms with Crippen molar-refractivity contribution in [1.29, 1.82) is 0 Å². The molecule has 0 unspecified atom stereocenters. The molecule has 6 nitrogen and oxygen atoms in total. The van der Waals surface area contributed by atoms with Gasteiger partial charge in [0.2, 0.25) is 0 Å². The van der Waals surface area contributed by atoms with Gasteiger partial charge in [-0.2, -0.15) is 18.3 Å². The summed E-state index contributed by atoms with van der Waals surface area (Å²) in [7, 11) is 1.75. The van der Waals surface area contributed by atoms with E-state index < -0.39 is 11.1 Å². The van der Waals surface area contributed by atoms with Gasteiger partial charge in [-0.15, -0.1) is 0 Å². The Hall–Kier alpha value is -2.10. The molecule has 2 aromatic heterocycles. The lowest BCUT2D eigenvalue weighted by atomic mass is 9.97.